The van der Waals surface area contributed by atoms with Crippen molar-refractivity contribution in [2.75, 3.05) is 0 Å². The van der Waals surface area contributed by atoms with Crippen LogP contribution in [0.15, 0.2) is 28.7 Å². The van der Waals surface area contributed by atoms with Gasteiger partial charge in [-0.2, -0.15) is 0 Å². The first kappa shape index (κ1) is 11.3. The molecule has 0 aliphatic heterocycles. The van der Waals surface area contributed by atoms with Gasteiger partial charge in [-0.1, -0.05) is 15.9 Å². The third kappa shape index (κ3) is 2.88. The molecule has 1 aromatic rings. The zero-order valence-corrected chi connectivity index (χ0v) is 10.1. The highest BCUT2D eigenvalue weighted by molar-refractivity contribution is 9.10. The minimum atomic E-state index is -0.966. The fourth-order valence-electron chi connectivity index (χ4n) is 1.66. The Morgan fingerprint density at radius 2 is 2.00 bits per heavy atom. The lowest BCUT2D eigenvalue weighted by atomic mass is 9.89. The number of halogens is 1. The topological polar surface area (TPSA) is 58.6 Å². The maximum absolute atomic E-state index is 10.3. The van der Waals surface area contributed by atoms with Crippen LogP contribution in [0.2, 0.25) is 0 Å². The highest BCUT2D eigenvalue weighted by atomic mass is 79.9. The van der Waals surface area contributed by atoms with Crippen LogP contribution in [0.25, 0.3) is 0 Å². The van der Waals surface area contributed by atoms with Crippen LogP contribution in [0.5, 0.6) is 5.75 Å². The van der Waals surface area contributed by atoms with E-state index in [-0.39, 0.29) is 12.1 Å². The molecular formula is C11H12BrNO3. The first-order valence-corrected chi connectivity index (χ1v) is 5.84. The molecule has 86 valence electrons. The number of rotatable bonds is 3. The normalized spacial score (nSPS) is 23.3. The van der Waals surface area contributed by atoms with E-state index in [4.69, 9.17) is 9.84 Å². The van der Waals surface area contributed by atoms with Gasteiger partial charge in [-0.05, 0) is 24.3 Å². The zero-order chi connectivity index (χ0) is 11.5. The van der Waals surface area contributed by atoms with E-state index in [0.29, 0.717) is 0 Å². The predicted molar refractivity (Wildman–Crippen MR) is 62.7 cm³/mol. The summed E-state index contributed by atoms with van der Waals surface area (Å²) in [4.78, 5) is 10.3. The quantitative estimate of drug-likeness (QED) is 0.898. The molecule has 1 aliphatic rings. The Kier molecular flexibility index (Phi) is 3.33. The second-order valence-corrected chi connectivity index (χ2v) is 4.73. The summed E-state index contributed by atoms with van der Waals surface area (Å²) < 4.78 is 6.68. The number of carbonyl (C=O) groups is 1. The molecule has 1 saturated carbocycles. The summed E-state index contributed by atoms with van der Waals surface area (Å²) in [5.74, 6) is 0.821. The fourth-order valence-corrected chi connectivity index (χ4v) is 1.92. The van der Waals surface area contributed by atoms with Crippen molar-refractivity contribution in [2.45, 2.75) is 25.0 Å². The minimum absolute atomic E-state index is 0.0398. The molecule has 0 aromatic heterocycles. The maximum Gasteiger partial charge on any atom is 0.404 e. The SMILES string of the molecule is O=C(O)NC1CC(Oc2ccc(Br)cc2)C1. The number of benzene rings is 1. The molecule has 5 heteroatoms. The van der Waals surface area contributed by atoms with E-state index < -0.39 is 6.09 Å². The van der Waals surface area contributed by atoms with Gasteiger partial charge in [-0.3, -0.25) is 0 Å². The molecule has 0 radical (unpaired) electrons. The number of carboxylic acid groups (broad SMARTS) is 1. The molecule has 1 aliphatic carbocycles. The van der Waals surface area contributed by atoms with Crippen molar-refractivity contribution in [2.24, 2.45) is 0 Å². The van der Waals surface area contributed by atoms with E-state index in [2.05, 4.69) is 21.2 Å². The molecule has 2 rings (SSSR count). The van der Waals surface area contributed by atoms with Crippen LogP contribution in [0.3, 0.4) is 0 Å². The molecule has 16 heavy (non-hydrogen) atoms. The Morgan fingerprint density at radius 3 is 2.56 bits per heavy atom. The predicted octanol–water partition coefficient (Wildman–Crippen LogP) is 2.63. The molecule has 2 N–H and O–H groups in total. The van der Waals surface area contributed by atoms with Crippen LogP contribution >= 0.6 is 15.9 Å². The van der Waals surface area contributed by atoms with Gasteiger partial charge < -0.3 is 15.2 Å². The number of hydrogen-bond donors (Lipinski definition) is 2. The summed E-state index contributed by atoms with van der Waals surface area (Å²) in [7, 11) is 0. The molecule has 0 atom stereocenters. The largest absolute Gasteiger partial charge is 0.490 e. The lowest BCUT2D eigenvalue weighted by molar-refractivity contribution is 0.0834. The molecule has 4 nitrogen and oxygen atoms in total. The summed E-state index contributed by atoms with van der Waals surface area (Å²) in [6.45, 7) is 0. The van der Waals surface area contributed by atoms with E-state index in [9.17, 15) is 4.79 Å². The van der Waals surface area contributed by atoms with Gasteiger partial charge in [0, 0.05) is 23.4 Å². The molecule has 0 spiro atoms. The highest BCUT2D eigenvalue weighted by Crippen LogP contribution is 2.26. The van der Waals surface area contributed by atoms with Gasteiger partial charge in [0.15, 0.2) is 0 Å². The zero-order valence-electron chi connectivity index (χ0n) is 8.52. The highest BCUT2D eigenvalue weighted by Gasteiger charge is 2.31. The summed E-state index contributed by atoms with van der Waals surface area (Å²) >= 11 is 3.35. The maximum atomic E-state index is 10.3. The summed E-state index contributed by atoms with van der Waals surface area (Å²) in [6, 6.07) is 7.66. The molecule has 0 heterocycles. The lowest BCUT2D eigenvalue weighted by Gasteiger charge is -2.34. The van der Waals surface area contributed by atoms with Gasteiger partial charge in [-0.25, -0.2) is 4.79 Å². The Balaban J connectivity index is 1.77. The van der Waals surface area contributed by atoms with Gasteiger partial charge >= 0.3 is 6.09 Å². The van der Waals surface area contributed by atoms with Crippen LogP contribution < -0.4 is 10.1 Å². The van der Waals surface area contributed by atoms with Crippen molar-refractivity contribution in [3.05, 3.63) is 28.7 Å². The van der Waals surface area contributed by atoms with E-state index in [1.54, 1.807) is 0 Å². The van der Waals surface area contributed by atoms with Crippen molar-refractivity contribution in [1.82, 2.24) is 5.32 Å². The Labute approximate surface area is 102 Å². The molecular weight excluding hydrogens is 274 g/mol. The van der Waals surface area contributed by atoms with Crippen LogP contribution in [0.1, 0.15) is 12.8 Å². The third-order valence-corrected chi connectivity index (χ3v) is 3.07. The van der Waals surface area contributed by atoms with Gasteiger partial charge in [0.25, 0.3) is 0 Å². The van der Waals surface area contributed by atoms with E-state index >= 15 is 0 Å². The summed E-state index contributed by atoms with van der Waals surface area (Å²) in [5, 5.41) is 10.9. The number of hydrogen-bond acceptors (Lipinski definition) is 2. The second-order valence-electron chi connectivity index (χ2n) is 3.81. The van der Waals surface area contributed by atoms with Gasteiger partial charge in [0.1, 0.15) is 11.9 Å². The van der Waals surface area contributed by atoms with Crippen molar-refractivity contribution < 1.29 is 14.6 Å². The van der Waals surface area contributed by atoms with Crippen LogP contribution in [0, 0.1) is 0 Å². The lowest BCUT2D eigenvalue weighted by Crippen LogP contribution is -2.48. The average molecular weight is 286 g/mol. The number of nitrogens with one attached hydrogen (secondary N) is 1. The number of ether oxygens (including phenoxy) is 1. The molecule has 0 unspecified atom stereocenters. The van der Waals surface area contributed by atoms with Crippen LogP contribution in [-0.2, 0) is 0 Å². The Bertz CT molecular complexity index is 373. The molecule has 0 saturated heterocycles. The van der Waals surface area contributed by atoms with Crippen LogP contribution in [0.4, 0.5) is 4.79 Å². The second kappa shape index (κ2) is 4.74. The van der Waals surface area contributed by atoms with Crippen molar-refractivity contribution in [3.63, 3.8) is 0 Å². The monoisotopic (exact) mass is 285 g/mol. The molecule has 1 fully saturated rings. The Morgan fingerprint density at radius 1 is 1.38 bits per heavy atom. The smallest absolute Gasteiger partial charge is 0.404 e. The summed E-state index contributed by atoms with van der Waals surface area (Å²) in [6.07, 6.45) is 0.634. The molecule has 0 bridgehead atoms. The number of amides is 1. The van der Waals surface area contributed by atoms with Crippen LogP contribution in [-0.4, -0.2) is 23.3 Å². The average Bonchev–Trinajstić information content (AvgIpc) is 2.17. The van der Waals surface area contributed by atoms with Gasteiger partial charge in [0.05, 0.1) is 0 Å². The standard InChI is InChI=1S/C11H12BrNO3/c12-7-1-3-9(4-2-7)16-10-5-8(6-10)13-11(14)15/h1-4,8,10,13H,5-6H2,(H,14,15). The van der Waals surface area contributed by atoms with E-state index in [1.807, 2.05) is 24.3 Å². The van der Waals surface area contributed by atoms with Crippen molar-refractivity contribution in [3.8, 4) is 5.75 Å². The fraction of sp³-hybridized carbons (Fsp3) is 0.364. The van der Waals surface area contributed by atoms with Crippen molar-refractivity contribution >= 4 is 22.0 Å². The van der Waals surface area contributed by atoms with Gasteiger partial charge in [0.2, 0.25) is 0 Å². The van der Waals surface area contributed by atoms with Gasteiger partial charge in [-0.15, -0.1) is 0 Å². The first-order chi connectivity index (χ1) is 7.63. The first-order valence-electron chi connectivity index (χ1n) is 5.05. The minimum Gasteiger partial charge on any atom is -0.490 e. The van der Waals surface area contributed by atoms with E-state index in [0.717, 1.165) is 23.1 Å². The third-order valence-electron chi connectivity index (χ3n) is 2.54. The summed E-state index contributed by atoms with van der Waals surface area (Å²) in [5.41, 5.74) is 0. The molecule has 1 amide bonds. The van der Waals surface area contributed by atoms with E-state index in [1.165, 1.54) is 0 Å². The Hall–Kier alpha value is -1.23. The van der Waals surface area contributed by atoms with Crippen molar-refractivity contribution in [1.29, 1.82) is 0 Å². The molecule has 1 aromatic carbocycles.